The largest absolute Gasteiger partial charge is 0.372 e. The second kappa shape index (κ2) is 6.55. The van der Waals surface area contributed by atoms with Gasteiger partial charge in [0.05, 0.1) is 17.6 Å². The lowest BCUT2D eigenvalue weighted by Crippen LogP contribution is -2.22. The first-order chi connectivity index (χ1) is 8.10. The molecule has 1 rings (SSSR count). The van der Waals surface area contributed by atoms with Gasteiger partial charge in [-0.3, -0.25) is 0 Å². The van der Waals surface area contributed by atoms with Crippen molar-refractivity contribution in [3.63, 3.8) is 0 Å². The van der Waals surface area contributed by atoms with Gasteiger partial charge < -0.3 is 10.6 Å². The van der Waals surface area contributed by atoms with Crippen LogP contribution in [0, 0.1) is 0 Å². The zero-order valence-electron chi connectivity index (χ0n) is 11.4. The van der Waals surface area contributed by atoms with Gasteiger partial charge in [-0.05, 0) is 6.42 Å². The first-order valence-electron chi connectivity index (χ1n) is 6.37. The Kier molecular flexibility index (Phi) is 5.35. The molecule has 96 valence electrons. The summed E-state index contributed by atoms with van der Waals surface area (Å²) in [6.45, 7) is 7.87. The van der Waals surface area contributed by atoms with Gasteiger partial charge in [-0.2, -0.15) is 0 Å². The number of unbranched alkanes of at least 4 members (excludes halogenated alkanes) is 1. The van der Waals surface area contributed by atoms with Crippen molar-refractivity contribution < 1.29 is 0 Å². The van der Waals surface area contributed by atoms with Crippen LogP contribution < -0.4 is 10.6 Å². The van der Waals surface area contributed by atoms with Crippen LogP contribution in [0.15, 0.2) is 6.20 Å². The van der Waals surface area contributed by atoms with Crippen LogP contribution in [0.2, 0.25) is 0 Å². The molecule has 0 aliphatic carbocycles. The summed E-state index contributed by atoms with van der Waals surface area (Å²) in [5.74, 6) is 1.22. The van der Waals surface area contributed by atoms with Gasteiger partial charge >= 0.3 is 0 Å². The fourth-order valence-corrected chi connectivity index (χ4v) is 1.69. The lowest BCUT2D eigenvalue weighted by atomic mass is 10.2. The monoisotopic (exact) mass is 236 g/mol. The van der Waals surface area contributed by atoms with Crippen LogP contribution in [0.5, 0.6) is 0 Å². The van der Waals surface area contributed by atoms with E-state index in [1.807, 2.05) is 6.20 Å². The highest BCUT2D eigenvalue weighted by atomic mass is 15.1. The first-order valence-corrected chi connectivity index (χ1v) is 6.37. The van der Waals surface area contributed by atoms with Crippen molar-refractivity contribution in [2.24, 2.45) is 5.73 Å². The summed E-state index contributed by atoms with van der Waals surface area (Å²) in [7, 11) is 2.07. The summed E-state index contributed by atoms with van der Waals surface area (Å²) in [4.78, 5) is 11.1. The number of hydrogen-bond acceptors (Lipinski definition) is 4. The molecule has 0 unspecified atom stereocenters. The smallest absolute Gasteiger partial charge is 0.131 e. The molecule has 0 aromatic carbocycles. The molecule has 0 fully saturated rings. The number of hydrogen-bond donors (Lipinski definition) is 1. The van der Waals surface area contributed by atoms with E-state index in [9.17, 15) is 0 Å². The average Bonchev–Trinajstić information content (AvgIpc) is 2.34. The Labute approximate surface area is 104 Å². The predicted molar refractivity (Wildman–Crippen MR) is 72.2 cm³/mol. The van der Waals surface area contributed by atoms with Crippen molar-refractivity contribution in [3.05, 3.63) is 17.7 Å². The lowest BCUT2D eigenvalue weighted by molar-refractivity contribution is 0.732. The molecular weight excluding hydrogens is 212 g/mol. The van der Waals surface area contributed by atoms with Crippen molar-refractivity contribution in [2.45, 2.75) is 46.1 Å². The molecule has 1 aromatic rings. The predicted octanol–water partition coefficient (Wildman–Crippen LogP) is 2.29. The highest BCUT2D eigenvalue weighted by Gasteiger charge is 2.11. The van der Waals surface area contributed by atoms with Gasteiger partial charge in [-0.1, -0.05) is 27.2 Å². The Morgan fingerprint density at radius 2 is 2.12 bits per heavy atom. The first kappa shape index (κ1) is 13.9. The lowest BCUT2D eigenvalue weighted by Gasteiger charge is -2.21. The van der Waals surface area contributed by atoms with E-state index in [0.29, 0.717) is 12.5 Å². The van der Waals surface area contributed by atoms with Crippen molar-refractivity contribution in [1.29, 1.82) is 0 Å². The van der Waals surface area contributed by atoms with Gasteiger partial charge in [0.25, 0.3) is 0 Å². The summed E-state index contributed by atoms with van der Waals surface area (Å²) in [6, 6.07) is 0. The van der Waals surface area contributed by atoms with Crippen LogP contribution in [-0.4, -0.2) is 23.6 Å². The number of aromatic nitrogens is 2. The van der Waals surface area contributed by atoms with Gasteiger partial charge in [0.15, 0.2) is 0 Å². The molecule has 1 heterocycles. The van der Waals surface area contributed by atoms with Crippen LogP contribution in [-0.2, 0) is 6.54 Å². The van der Waals surface area contributed by atoms with Gasteiger partial charge in [0.1, 0.15) is 5.82 Å². The highest BCUT2D eigenvalue weighted by Crippen LogP contribution is 2.19. The zero-order chi connectivity index (χ0) is 12.8. The molecule has 0 bridgehead atoms. The summed E-state index contributed by atoms with van der Waals surface area (Å²) in [6.07, 6.45) is 4.26. The molecule has 0 amide bonds. The molecular formula is C13H24N4. The molecule has 17 heavy (non-hydrogen) atoms. The normalized spacial score (nSPS) is 10.9. The molecule has 0 aliphatic rings. The molecule has 0 aliphatic heterocycles. The third-order valence-electron chi connectivity index (χ3n) is 2.83. The maximum absolute atomic E-state index is 5.77. The molecule has 0 radical (unpaired) electrons. The maximum Gasteiger partial charge on any atom is 0.131 e. The molecule has 0 atom stereocenters. The van der Waals surface area contributed by atoms with Gasteiger partial charge in [-0.25, -0.2) is 9.97 Å². The number of rotatable bonds is 6. The quantitative estimate of drug-likeness (QED) is 0.823. The van der Waals surface area contributed by atoms with E-state index >= 15 is 0 Å². The van der Waals surface area contributed by atoms with Crippen LogP contribution in [0.4, 0.5) is 5.69 Å². The summed E-state index contributed by atoms with van der Waals surface area (Å²) >= 11 is 0. The minimum atomic E-state index is 0.343. The number of anilines is 1. The Morgan fingerprint density at radius 3 is 2.65 bits per heavy atom. The zero-order valence-corrected chi connectivity index (χ0v) is 11.4. The fourth-order valence-electron chi connectivity index (χ4n) is 1.69. The maximum atomic E-state index is 5.77. The standard InChI is InChI=1S/C13H24N4/c1-5-6-7-17(4)12-9-15-13(10(2)3)16-11(12)8-14/h9-10H,5-8,14H2,1-4H3. The minimum Gasteiger partial charge on any atom is -0.372 e. The average molecular weight is 236 g/mol. The van der Waals surface area contributed by atoms with E-state index in [0.717, 1.165) is 23.8 Å². The molecule has 1 aromatic heterocycles. The molecule has 2 N–H and O–H groups in total. The van der Waals surface area contributed by atoms with E-state index in [1.54, 1.807) is 0 Å². The van der Waals surface area contributed by atoms with E-state index in [2.05, 4.69) is 42.7 Å². The third kappa shape index (κ3) is 3.66. The number of nitrogens with zero attached hydrogens (tertiary/aromatic N) is 3. The minimum absolute atomic E-state index is 0.343. The summed E-state index contributed by atoms with van der Waals surface area (Å²) in [5.41, 5.74) is 7.78. The van der Waals surface area contributed by atoms with E-state index in [1.165, 1.54) is 12.8 Å². The van der Waals surface area contributed by atoms with E-state index < -0.39 is 0 Å². The van der Waals surface area contributed by atoms with Crippen LogP contribution in [0.3, 0.4) is 0 Å². The van der Waals surface area contributed by atoms with Crippen molar-refractivity contribution in [2.75, 3.05) is 18.5 Å². The van der Waals surface area contributed by atoms with Gasteiger partial charge in [0, 0.05) is 26.1 Å². The van der Waals surface area contributed by atoms with E-state index in [-0.39, 0.29) is 0 Å². The van der Waals surface area contributed by atoms with E-state index in [4.69, 9.17) is 5.73 Å². The fraction of sp³-hybridized carbons (Fsp3) is 0.692. The molecule has 0 spiro atoms. The topological polar surface area (TPSA) is 55.0 Å². The summed E-state index contributed by atoms with van der Waals surface area (Å²) in [5, 5.41) is 0. The Bertz CT molecular complexity index is 349. The Balaban J connectivity index is 2.91. The Hall–Kier alpha value is -1.16. The molecule has 4 nitrogen and oxygen atoms in total. The number of nitrogens with two attached hydrogens (primary N) is 1. The van der Waals surface area contributed by atoms with Crippen molar-refractivity contribution >= 4 is 5.69 Å². The second-order valence-corrected chi connectivity index (χ2v) is 4.69. The summed E-state index contributed by atoms with van der Waals surface area (Å²) < 4.78 is 0. The van der Waals surface area contributed by atoms with Crippen LogP contribution >= 0.6 is 0 Å². The van der Waals surface area contributed by atoms with Crippen molar-refractivity contribution in [3.8, 4) is 0 Å². The SMILES string of the molecule is CCCCN(C)c1cnc(C(C)C)nc1CN. The molecule has 0 saturated carbocycles. The van der Waals surface area contributed by atoms with Crippen LogP contribution in [0.25, 0.3) is 0 Å². The Morgan fingerprint density at radius 1 is 1.41 bits per heavy atom. The van der Waals surface area contributed by atoms with Gasteiger partial charge in [0.2, 0.25) is 0 Å². The van der Waals surface area contributed by atoms with Gasteiger partial charge in [-0.15, -0.1) is 0 Å². The molecule has 0 saturated heterocycles. The second-order valence-electron chi connectivity index (χ2n) is 4.69. The third-order valence-corrected chi connectivity index (χ3v) is 2.83. The molecule has 4 heteroatoms. The highest BCUT2D eigenvalue weighted by molar-refractivity contribution is 5.48. The van der Waals surface area contributed by atoms with Crippen LogP contribution in [0.1, 0.15) is 51.0 Å². The van der Waals surface area contributed by atoms with Crippen molar-refractivity contribution in [1.82, 2.24) is 9.97 Å².